The molecule has 27 heavy (non-hydrogen) atoms. The molecule has 0 spiro atoms. The van der Waals surface area contributed by atoms with Crippen molar-refractivity contribution in [3.63, 3.8) is 0 Å². The predicted molar refractivity (Wildman–Crippen MR) is 108 cm³/mol. The van der Waals surface area contributed by atoms with Crippen LogP contribution in [0.25, 0.3) is 11.4 Å². The third kappa shape index (κ3) is 3.94. The van der Waals surface area contributed by atoms with Crippen molar-refractivity contribution in [2.45, 2.75) is 13.0 Å². The lowest BCUT2D eigenvalue weighted by molar-refractivity contribution is 0.0391. The number of anilines is 1. The molecule has 0 aliphatic carbocycles. The van der Waals surface area contributed by atoms with Gasteiger partial charge in [0.05, 0.1) is 6.61 Å². The highest BCUT2D eigenvalue weighted by Gasteiger charge is 2.24. The van der Waals surface area contributed by atoms with Crippen LogP contribution in [-0.4, -0.2) is 34.6 Å². The molecule has 3 aromatic rings. The molecule has 0 saturated carbocycles. The first-order valence-corrected chi connectivity index (χ1v) is 9.55. The molecular formula is C20H19BrN4O2. The first-order chi connectivity index (χ1) is 13.1. The number of aromatic nitrogens is 3. The summed E-state index contributed by atoms with van der Waals surface area (Å²) < 4.78 is 7.02. The minimum absolute atomic E-state index is 0.00871. The number of H-pyrrole nitrogens is 1. The van der Waals surface area contributed by atoms with Gasteiger partial charge >= 0.3 is 0 Å². The maximum Gasteiger partial charge on any atom is 0.251 e. The van der Waals surface area contributed by atoms with E-state index in [1.807, 2.05) is 30.3 Å². The average Bonchev–Trinajstić information content (AvgIpc) is 2.68. The Balaban J connectivity index is 1.55. The number of nitrogens with one attached hydrogen (secondary N) is 1. The summed E-state index contributed by atoms with van der Waals surface area (Å²) >= 11 is 3.60. The van der Waals surface area contributed by atoms with Crippen molar-refractivity contribution >= 4 is 21.7 Å². The van der Waals surface area contributed by atoms with Crippen molar-refractivity contribution in [3.05, 3.63) is 74.7 Å². The fourth-order valence-electron chi connectivity index (χ4n) is 3.21. The highest BCUT2D eigenvalue weighted by Crippen LogP contribution is 2.30. The third-order valence-corrected chi connectivity index (χ3v) is 5.26. The van der Waals surface area contributed by atoms with E-state index in [9.17, 15) is 4.79 Å². The van der Waals surface area contributed by atoms with Crippen molar-refractivity contribution in [2.75, 3.05) is 24.6 Å². The minimum Gasteiger partial charge on any atom is -0.370 e. The van der Waals surface area contributed by atoms with Gasteiger partial charge in [0.15, 0.2) is 0 Å². The predicted octanol–water partition coefficient (Wildman–Crippen LogP) is 3.48. The number of ether oxygens (including phenoxy) is 1. The molecule has 2 aromatic heterocycles. The molecule has 1 aliphatic heterocycles. The highest BCUT2D eigenvalue weighted by molar-refractivity contribution is 9.10. The molecule has 1 unspecified atom stereocenters. The van der Waals surface area contributed by atoms with Gasteiger partial charge in [0.2, 0.25) is 0 Å². The van der Waals surface area contributed by atoms with Crippen LogP contribution in [0.3, 0.4) is 0 Å². The lowest BCUT2D eigenvalue weighted by Crippen LogP contribution is -2.38. The molecule has 1 aliphatic rings. The van der Waals surface area contributed by atoms with Gasteiger partial charge in [-0.05, 0) is 30.7 Å². The summed E-state index contributed by atoms with van der Waals surface area (Å²) in [7, 11) is 0. The first-order valence-electron chi connectivity index (χ1n) is 8.75. The van der Waals surface area contributed by atoms with Gasteiger partial charge in [-0.25, -0.2) is 9.97 Å². The Labute approximate surface area is 165 Å². The number of aryl methyl sites for hydroxylation is 1. The van der Waals surface area contributed by atoms with Crippen molar-refractivity contribution in [1.82, 2.24) is 15.0 Å². The molecule has 1 aromatic carbocycles. The summed E-state index contributed by atoms with van der Waals surface area (Å²) in [6, 6.07) is 13.5. The Morgan fingerprint density at radius 1 is 1.26 bits per heavy atom. The number of nitrogens with zero attached hydrogens (tertiary/aromatic N) is 3. The first kappa shape index (κ1) is 17.9. The smallest absolute Gasteiger partial charge is 0.251 e. The molecule has 1 saturated heterocycles. The lowest BCUT2D eigenvalue weighted by Gasteiger charge is -2.34. The van der Waals surface area contributed by atoms with Gasteiger partial charge < -0.3 is 14.6 Å². The highest BCUT2D eigenvalue weighted by atomic mass is 79.9. The molecule has 0 radical (unpaired) electrons. The molecule has 7 heteroatoms. The molecule has 1 atom stereocenters. The maximum atomic E-state index is 11.7. The van der Waals surface area contributed by atoms with E-state index < -0.39 is 0 Å². The van der Waals surface area contributed by atoms with E-state index in [1.165, 1.54) is 6.07 Å². The molecule has 3 heterocycles. The summed E-state index contributed by atoms with van der Waals surface area (Å²) in [5.74, 6) is 1.42. The maximum absolute atomic E-state index is 11.7. The van der Waals surface area contributed by atoms with Crippen LogP contribution in [0, 0.1) is 6.92 Å². The quantitative estimate of drug-likeness (QED) is 0.693. The second-order valence-electron chi connectivity index (χ2n) is 6.47. The van der Waals surface area contributed by atoms with E-state index >= 15 is 0 Å². The van der Waals surface area contributed by atoms with E-state index in [0.29, 0.717) is 18.1 Å². The molecule has 4 rings (SSSR count). The zero-order valence-electron chi connectivity index (χ0n) is 14.9. The molecular weight excluding hydrogens is 408 g/mol. The van der Waals surface area contributed by atoms with Gasteiger partial charge in [0, 0.05) is 41.1 Å². The number of hydrogen-bond donors (Lipinski definition) is 1. The molecule has 6 nitrogen and oxygen atoms in total. The van der Waals surface area contributed by atoms with Crippen LogP contribution in [0.15, 0.2) is 57.9 Å². The number of benzene rings is 1. The Bertz CT molecular complexity index is 1000. The van der Waals surface area contributed by atoms with Crippen LogP contribution in [0.5, 0.6) is 0 Å². The van der Waals surface area contributed by atoms with Crippen LogP contribution < -0.4 is 10.5 Å². The molecule has 1 N–H and O–H groups in total. The largest absolute Gasteiger partial charge is 0.370 e. The van der Waals surface area contributed by atoms with Crippen LogP contribution in [-0.2, 0) is 4.74 Å². The molecule has 1 fully saturated rings. The van der Waals surface area contributed by atoms with Crippen LogP contribution >= 0.6 is 15.9 Å². The summed E-state index contributed by atoms with van der Waals surface area (Å²) in [6.07, 6.45) is 1.74. The number of aromatic amines is 1. The Morgan fingerprint density at radius 3 is 2.85 bits per heavy atom. The zero-order valence-corrected chi connectivity index (χ0v) is 16.4. The van der Waals surface area contributed by atoms with Gasteiger partial charge in [-0.3, -0.25) is 4.79 Å². The average molecular weight is 427 g/mol. The lowest BCUT2D eigenvalue weighted by atomic mass is 10.1. The molecule has 138 valence electrons. The number of pyridine rings is 1. The summed E-state index contributed by atoms with van der Waals surface area (Å²) in [5, 5.41) is 0. The van der Waals surface area contributed by atoms with Crippen LogP contribution in [0.2, 0.25) is 0 Å². The molecule has 0 amide bonds. The Hall–Kier alpha value is -2.51. The summed E-state index contributed by atoms with van der Waals surface area (Å²) in [4.78, 5) is 25.6. The summed E-state index contributed by atoms with van der Waals surface area (Å²) in [6.45, 7) is 3.96. The number of rotatable bonds is 3. The second kappa shape index (κ2) is 7.62. The van der Waals surface area contributed by atoms with E-state index in [1.54, 1.807) is 13.1 Å². The monoisotopic (exact) mass is 426 g/mol. The fraction of sp³-hybridized carbons (Fsp3) is 0.250. The van der Waals surface area contributed by atoms with Gasteiger partial charge in [-0.1, -0.05) is 34.1 Å². The van der Waals surface area contributed by atoms with Gasteiger partial charge in [0.25, 0.3) is 5.56 Å². The van der Waals surface area contributed by atoms with E-state index in [-0.39, 0.29) is 11.7 Å². The third-order valence-electron chi connectivity index (χ3n) is 4.53. The van der Waals surface area contributed by atoms with E-state index in [4.69, 9.17) is 4.74 Å². The normalized spacial score (nSPS) is 17.1. The second-order valence-corrected chi connectivity index (χ2v) is 7.32. The Morgan fingerprint density at radius 2 is 2.11 bits per heavy atom. The van der Waals surface area contributed by atoms with Crippen molar-refractivity contribution in [3.8, 4) is 11.4 Å². The topological polar surface area (TPSA) is 71.1 Å². The van der Waals surface area contributed by atoms with Crippen LogP contribution in [0.4, 0.5) is 5.82 Å². The molecule has 0 bridgehead atoms. The fourth-order valence-corrected chi connectivity index (χ4v) is 3.75. The zero-order chi connectivity index (χ0) is 18.8. The van der Waals surface area contributed by atoms with Crippen molar-refractivity contribution in [2.24, 2.45) is 0 Å². The number of hydrogen-bond acceptors (Lipinski definition) is 5. The summed E-state index contributed by atoms with van der Waals surface area (Å²) in [5.41, 5.74) is 2.45. The van der Waals surface area contributed by atoms with Gasteiger partial charge in [-0.2, -0.15) is 0 Å². The van der Waals surface area contributed by atoms with E-state index in [2.05, 4.69) is 41.8 Å². The van der Waals surface area contributed by atoms with Crippen LogP contribution in [0.1, 0.15) is 17.4 Å². The minimum atomic E-state index is -0.161. The van der Waals surface area contributed by atoms with Gasteiger partial charge in [0.1, 0.15) is 17.7 Å². The number of morpholine rings is 1. The van der Waals surface area contributed by atoms with Crippen molar-refractivity contribution < 1.29 is 4.74 Å². The standard InChI is InChI=1S/C20H19BrN4O2/c1-13-10-19(26)24-20(23-13)14-6-7-18(22-11-14)25-8-9-27-17(12-25)15-4-2-3-5-16(15)21/h2-7,10-11,17H,8-9,12H2,1H3,(H,23,24,26). The van der Waals surface area contributed by atoms with Gasteiger partial charge in [-0.15, -0.1) is 0 Å². The van der Waals surface area contributed by atoms with E-state index in [0.717, 1.165) is 34.5 Å². The number of halogens is 1. The SMILES string of the molecule is Cc1cc(=O)[nH]c(-c2ccc(N3CCOC(c4ccccc4Br)C3)nc2)n1. The Kier molecular flexibility index (Phi) is 5.05. The van der Waals surface area contributed by atoms with Crippen molar-refractivity contribution in [1.29, 1.82) is 0 Å².